The van der Waals surface area contributed by atoms with Gasteiger partial charge in [0.1, 0.15) is 5.75 Å². The highest BCUT2D eigenvalue weighted by molar-refractivity contribution is 6.04. The molecule has 0 aliphatic heterocycles. The summed E-state index contributed by atoms with van der Waals surface area (Å²) in [5, 5.41) is 12.3. The first-order valence-electron chi connectivity index (χ1n) is 5.60. The predicted molar refractivity (Wildman–Crippen MR) is 69.8 cm³/mol. The maximum absolute atomic E-state index is 12.0. The Labute approximate surface area is 105 Å². The molecule has 1 heterocycles. The number of carbonyl (C=O) groups is 1. The molecular formula is C14H14N2O2. The van der Waals surface area contributed by atoms with Gasteiger partial charge in [0.15, 0.2) is 0 Å². The number of hydrogen-bond donors (Lipinski definition) is 2. The average Bonchev–Trinajstić information content (AvgIpc) is 2.35. The number of hydrogen-bond acceptors (Lipinski definition) is 3. The number of phenolic OH excluding ortho intramolecular Hbond substituents is 1. The first-order valence-corrected chi connectivity index (χ1v) is 5.60. The molecule has 0 bridgehead atoms. The van der Waals surface area contributed by atoms with Gasteiger partial charge >= 0.3 is 0 Å². The fourth-order valence-corrected chi connectivity index (χ4v) is 1.56. The van der Waals surface area contributed by atoms with Gasteiger partial charge in [-0.05, 0) is 43.7 Å². The summed E-state index contributed by atoms with van der Waals surface area (Å²) in [6.45, 7) is 3.60. The Morgan fingerprint density at radius 3 is 2.72 bits per heavy atom. The van der Waals surface area contributed by atoms with Crippen molar-refractivity contribution in [1.29, 1.82) is 0 Å². The van der Waals surface area contributed by atoms with Gasteiger partial charge in [-0.15, -0.1) is 0 Å². The Morgan fingerprint density at radius 2 is 2.06 bits per heavy atom. The summed E-state index contributed by atoms with van der Waals surface area (Å²) in [6, 6.07) is 8.39. The van der Waals surface area contributed by atoms with Crippen molar-refractivity contribution in [1.82, 2.24) is 4.98 Å². The molecule has 0 saturated heterocycles. The molecule has 4 heteroatoms. The van der Waals surface area contributed by atoms with Crippen LogP contribution in [0.4, 0.5) is 5.69 Å². The summed E-state index contributed by atoms with van der Waals surface area (Å²) < 4.78 is 0. The summed E-state index contributed by atoms with van der Waals surface area (Å²) in [5.41, 5.74) is 2.58. The molecule has 0 aliphatic rings. The van der Waals surface area contributed by atoms with Crippen LogP contribution in [-0.2, 0) is 0 Å². The Bertz CT molecular complexity index is 594. The van der Waals surface area contributed by atoms with E-state index in [1.54, 1.807) is 37.4 Å². The van der Waals surface area contributed by atoms with Gasteiger partial charge in [-0.25, -0.2) is 0 Å². The van der Waals surface area contributed by atoms with Crippen molar-refractivity contribution in [3.63, 3.8) is 0 Å². The number of anilines is 1. The fourth-order valence-electron chi connectivity index (χ4n) is 1.56. The Morgan fingerprint density at radius 1 is 1.28 bits per heavy atom. The molecule has 1 amide bonds. The van der Waals surface area contributed by atoms with Crippen LogP contribution in [0.25, 0.3) is 0 Å². The molecule has 2 aromatic rings. The zero-order chi connectivity index (χ0) is 13.1. The van der Waals surface area contributed by atoms with E-state index >= 15 is 0 Å². The van der Waals surface area contributed by atoms with Crippen molar-refractivity contribution in [3.8, 4) is 5.75 Å². The summed E-state index contributed by atoms with van der Waals surface area (Å²) in [4.78, 5) is 16.1. The summed E-state index contributed by atoms with van der Waals surface area (Å²) in [7, 11) is 0. The van der Waals surface area contributed by atoms with Crippen molar-refractivity contribution in [2.75, 3.05) is 5.32 Å². The van der Waals surface area contributed by atoms with E-state index in [2.05, 4.69) is 10.3 Å². The maximum Gasteiger partial charge on any atom is 0.255 e. The lowest BCUT2D eigenvalue weighted by molar-refractivity contribution is 0.102. The Balaban J connectivity index is 2.22. The summed E-state index contributed by atoms with van der Waals surface area (Å²) in [6.07, 6.45) is 1.67. The van der Waals surface area contributed by atoms with Crippen LogP contribution in [0.3, 0.4) is 0 Å². The lowest BCUT2D eigenvalue weighted by Crippen LogP contribution is -2.13. The molecule has 18 heavy (non-hydrogen) atoms. The van der Waals surface area contributed by atoms with Crippen LogP contribution >= 0.6 is 0 Å². The van der Waals surface area contributed by atoms with E-state index < -0.39 is 0 Å². The first-order chi connectivity index (χ1) is 8.58. The number of carbonyl (C=O) groups excluding carboxylic acids is 1. The maximum atomic E-state index is 12.0. The lowest BCUT2D eigenvalue weighted by Gasteiger charge is -2.08. The van der Waals surface area contributed by atoms with E-state index in [1.165, 1.54) is 6.07 Å². The largest absolute Gasteiger partial charge is 0.508 e. The number of nitrogens with one attached hydrogen (secondary N) is 1. The molecule has 0 saturated carbocycles. The molecule has 0 fully saturated rings. The van der Waals surface area contributed by atoms with Crippen LogP contribution in [0.15, 0.2) is 36.5 Å². The van der Waals surface area contributed by atoms with E-state index in [-0.39, 0.29) is 11.7 Å². The molecular weight excluding hydrogens is 228 g/mol. The number of aromatic nitrogens is 1. The number of rotatable bonds is 2. The normalized spacial score (nSPS) is 10.1. The van der Waals surface area contributed by atoms with Crippen molar-refractivity contribution in [2.45, 2.75) is 13.8 Å². The number of amides is 1. The van der Waals surface area contributed by atoms with Gasteiger partial charge < -0.3 is 10.4 Å². The van der Waals surface area contributed by atoms with Crippen LogP contribution in [0, 0.1) is 13.8 Å². The van der Waals surface area contributed by atoms with Gasteiger partial charge in [-0.1, -0.05) is 6.07 Å². The third-order valence-electron chi connectivity index (χ3n) is 2.73. The van der Waals surface area contributed by atoms with E-state index in [0.29, 0.717) is 11.3 Å². The Kier molecular flexibility index (Phi) is 3.28. The minimum absolute atomic E-state index is 0.116. The number of pyridine rings is 1. The van der Waals surface area contributed by atoms with E-state index in [0.717, 1.165) is 11.3 Å². The highest BCUT2D eigenvalue weighted by Crippen LogP contribution is 2.19. The minimum Gasteiger partial charge on any atom is -0.508 e. The molecule has 1 aromatic carbocycles. The third-order valence-corrected chi connectivity index (χ3v) is 2.73. The quantitative estimate of drug-likeness (QED) is 0.851. The zero-order valence-electron chi connectivity index (χ0n) is 10.3. The molecule has 0 unspecified atom stereocenters. The van der Waals surface area contributed by atoms with Crippen molar-refractivity contribution >= 4 is 11.6 Å². The van der Waals surface area contributed by atoms with E-state index in [1.807, 2.05) is 6.92 Å². The van der Waals surface area contributed by atoms with Gasteiger partial charge in [-0.3, -0.25) is 9.78 Å². The minimum atomic E-state index is -0.263. The predicted octanol–water partition coefficient (Wildman–Crippen LogP) is 2.66. The first kappa shape index (κ1) is 12.1. The van der Waals surface area contributed by atoms with Crippen LogP contribution < -0.4 is 5.32 Å². The summed E-state index contributed by atoms with van der Waals surface area (Å²) in [5.74, 6) is -0.146. The molecule has 2 N–H and O–H groups in total. The summed E-state index contributed by atoms with van der Waals surface area (Å²) >= 11 is 0. The van der Waals surface area contributed by atoms with E-state index in [9.17, 15) is 9.90 Å². The molecule has 2 rings (SSSR count). The van der Waals surface area contributed by atoms with Gasteiger partial charge in [-0.2, -0.15) is 0 Å². The van der Waals surface area contributed by atoms with Crippen molar-refractivity contribution in [3.05, 3.63) is 53.3 Å². The lowest BCUT2D eigenvalue weighted by atomic mass is 10.1. The van der Waals surface area contributed by atoms with Crippen LogP contribution in [0.2, 0.25) is 0 Å². The van der Waals surface area contributed by atoms with Gasteiger partial charge in [0.2, 0.25) is 0 Å². The standard InChI is InChI=1S/C14H14N2O2/c1-9-5-6-11(8-13(9)17)14(18)16-12-4-3-7-15-10(12)2/h3-8,17H,1-2H3,(H,16,18). The van der Waals surface area contributed by atoms with Crippen LogP contribution in [-0.4, -0.2) is 16.0 Å². The van der Waals surface area contributed by atoms with E-state index in [4.69, 9.17) is 0 Å². The van der Waals surface area contributed by atoms with Gasteiger partial charge in [0, 0.05) is 11.8 Å². The highest BCUT2D eigenvalue weighted by atomic mass is 16.3. The zero-order valence-corrected chi connectivity index (χ0v) is 10.3. The SMILES string of the molecule is Cc1ccc(C(=O)Nc2cccnc2C)cc1O. The van der Waals surface area contributed by atoms with Gasteiger partial charge in [0.25, 0.3) is 5.91 Å². The molecule has 0 atom stereocenters. The fraction of sp³-hybridized carbons (Fsp3) is 0.143. The molecule has 4 nitrogen and oxygen atoms in total. The molecule has 0 radical (unpaired) electrons. The molecule has 0 spiro atoms. The molecule has 0 aliphatic carbocycles. The number of phenols is 1. The second kappa shape index (κ2) is 4.87. The van der Waals surface area contributed by atoms with Crippen molar-refractivity contribution in [2.24, 2.45) is 0 Å². The highest BCUT2D eigenvalue weighted by Gasteiger charge is 2.09. The Hall–Kier alpha value is -2.36. The smallest absolute Gasteiger partial charge is 0.255 e. The second-order valence-corrected chi connectivity index (χ2v) is 4.09. The molecule has 1 aromatic heterocycles. The third kappa shape index (κ3) is 2.48. The molecule has 92 valence electrons. The van der Waals surface area contributed by atoms with Crippen LogP contribution in [0.1, 0.15) is 21.6 Å². The number of aromatic hydroxyl groups is 1. The number of aryl methyl sites for hydroxylation is 2. The van der Waals surface area contributed by atoms with Crippen molar-refractivity contribution < 1.29 is 9.90 Å². The number of nitrogens with zero attached hydrogens (tertiary/aromatic N) is 1. The van der Waals surface area contributed by atoms with Crippen LogP contribution in [0.5, 0.6) is 5.75 Å². The van der Waals surface area contributed by atoms with Gasteiger partial charge in [0.05, 0.1) is 11.4 Å². The monoisotopic (exact) mass is 242 g/mol. The number of benzene rings is 1. The topological polar surface area (TPSA) is 62.2 Å². The average molecular weight is 242 g/mol. The second-order valence-electron chi connectivity index (χ2n) is 4.09.